The van der Waals surface area contributed by atoms with Gasteiger partial charge in [0.1, 0.15) is 4.58 Å². The van der Waals surface area contributed by atoms with E-state index in [1.165, 1.54) is 25.7 Å². The van der Waals surface area contributed by atoms with Crippen molar-refractivity contribution in [2.45, 2.75) is 69.3 Å². The SMILES string of the molecule is CCCCCCC=Cc1cccc(C#CC(SCCCC(=O)O)SCCCC(=O)O)c1. The summed E-state index contributed by atoms with van der Waals surface area (Å²) in [5, 5.41) is 17.6. The Bertz CT molecular complexity index is 727. The summed E-state index contributed by atoms with van der Waals surface area (Å²) in [7, 11) is 0. The van der Waals surface area contributed by atoms with Crippen LogP contribution < -0.4 is 0 Å². The maximum absolute atomic E-state index is 10.7. The van der Waals surface area contributed by atoms with Gasteiger partial charge in [-0.05, 0) is 54.9 Å². The van der Waals surface area contributed by atoms with Gasteiger partial charge >= 0.3 is 11.9 Å². The van der Waals surface area contributed by atoms with Crippen LogP contribution in [-0.4, -0.2) is 38.2 Å². The third-order valence-corrected chi connectivity index (χ3v) is 7.07. The molecule has 0 bridgehead atoms. The number of rotatable bonds is 16. The van der Waals surface area contributed by atoms with Crippen LogP contribution in [0.5, 0.6) is 0 Å². The van der Waals surface area contributed by atoms with Gasteiger partial charge in [-0.15, -0.1) is 23.5 Å². The molecule has 0 radical (unpaired) electrons. The third-order valence-electron chi connectivity index (χ3n) is 4.36. The minimum atomic E-state index is -0.785. The summed E-state index contributed by atoms with van der Waals surface area (Å²) in [6.07, 6.45) is 12.0. The summed E-state index contributed by atoms with van der Waals surface area (Å²) in [4.78, 5) is 21.4. The number of carbonyl (C=O) groups is 2. The summed E-state index contributed by atoms with van der Waals surface area (Å²) in [5.74, 6) is 6.40. The van der Waals surface area contributed by atoms with E-state index in [2.05, 4.69) is 43.0 Å². The van der Waals surface area contributed by atoms with Crippen molar-refractivity contribution in [1.82, 2.24) is 0 Å². The molecule has 0 saturated carbocycles. The van der Waals surface area contributed by atoms with Crippen molar-refractivity contribution in [2.75, 3.05) is 11.5 Å². The zero-order valence-electron chi connectivity index (χ0n) is 18.3. The van der Waals surface area contributed by atoms with E-state index in [1.807, 2.05) is 12.1 Å². The lowest BCUT2D eigenvalue weighted by Crippen LogP contribution is -2.01. The van der Waals surface area contributed by atoms with Crippen molar-refractivity contribution in [3.63, 3.8) is 0 Å². The molecule has 31 heavy (non-hydrogen) atoms. The number of hydrogen-bond acceptors (Lipinski definition) is 4. The van der Waals surface area contributed by atoms with Gasteiger partial charge in [0.2, 0.25) is 0 Å². The Labute approximate surface area is 195 Å². The van der Waals surface area contributed by atoms with Crippen molar-refractivity contribution < 1.29 is 19.8 Å². The first-order chi connectivity index (χ1) is 15.0. The van der Waals surface area contributed by atoms with E-state index in [0.29, 0.717) is 12.8 Å². The lowest BCUT2D eigenvalue weighted by Gasteiger charge is -2.09. The fourth-order valence-electron chi connectivity index (χ4n) is 2.73. The summed E-state index contributed by atoms with van der Waals surface area (Å²) >= 11 is 3.27. The largest absolute Gasteiger partial charge is 0.481 e. The van der Waals surface area contributed by atoms with Gasteiger partial charge in [0.05, 0.1) is 0 Å². The van der Waals surface area contributed by atoms with Crippen LogP contribution in [0.25, 0.3) is 6.08 Å². The molecule has 0 spiro atoms. The van der Waals surface area contributed by atoms with E-state index in [-0.39, 0.29) is 17.4 Å². The van der Waals surface area contributed by atoms with Crippen molar-refractivity contribution in [1.29, 1.82) is 0 Å². The number of unbranched alkanes of at least 4 members (excludes halogenated alkanes) is 4. The van der Waals surface area contributed by atoms with Crippen molar-refractivity contribution >= 4 is 41.5 Å². The van der Waals surface area contributed by atoms with E-state index in [0.717, 1.165) is 29.1 Å². The number of benzene rings is 1. The molecule has 0 aliphatic carbocycles. The smallest absolute Gasteiger partial charge is 0.303 e. The Balaban J connectivity index is 2.64. The predicted molar refractivity (Wildman–Crippen MR) is 134 cm³/mol. The molecule has 4 nitrogen and oxygen atoms in total. The van der Waals surface area contributed by atoms with E-state index in [9.17, 15) is 9.59 Å². The number of thioether (sulfide) groups is 2. The lowest BCUT2D eigenvalue weighted by atomic mass is 10.1. The number of hydrogen-bond donors (Lipinski definition) is 2. The highest BCUT2D eigenvalue weighted by molar-refractivity contribution is 8.17. The normalized spacial score (nSPS) is 10.9. The van der Waals surface area contributed by atoms with Crippen LogP contribution in [0.2, 0.25) is 0 Å². The highest BCUT2D eigenvalue weighted by Gasteiger charge is 2.08. The minimum Gasteiger partial charge on any atom is -0.481 e. The van der Waals surface area contributed by atoms with Crippen LogP contribution >= 0.6 is 23.5 Å². The molecule has 0 heterocycles. The molecule has 0 saturated heterocycles. The molecular weight excluding hydrogens is 428 g/mol. The molecule has 1 aromatic carbocycles. The van der Waals surface area contributed by atoms with Gasteiger partial charge in [0, 0.05) is 18.4 Å². The third kappa shape index (κ3) is 15.6. The van der Waals surface area contributed by atoms with E-state index in [4.69, 9.17) is 10.2 Å². The van der Waals surface area contributed by atoms with Crippen molar-refractivity contribution in [3.8, 4) is 11.8 Å². The first-order valence-corrected chi connectivity index (χ1v) is 13.1. The fourth-order valence-corrected chi connectivity index (χ4v) is 5.03. The van der Waals surface area contributed by atoms with Crippen LogP contribution in [0.15, 0.2) is 30.3 Å². The summed E-state index contributed by atoms with van der Waals surface area (Å²) in [5.41, 5.74) is 2.09. The van der Waals surface area contributed by atoms with E-state index in [1.54, 1.807) is 23.5 Å². The lowest BCUT2D eigenvalue weighted by molar-refractivity contribution is -0.138. The van der Waals surface area contributed by atoms with Crippen LogP contribution in [0.3, 0.4) is 0 Å². The molecule has 1 aromatic rings. The van der Waals surface area contributed by atoms with Crippen LogP contribution in [0.1, 0.15) is 75.8 Å². The zero-order valence-corrected chi connectivity index (χ0v) is 20.0. The second kappa shape index (κ2) is 17.8. The highest BCUT2D eigenvalue weighted by atomic mass is 32.2. The summed E-state index contributed by atoms with van der Waals surface area (Å²) in [6, 6.07) is 8.16. The van der Waals surface area contributed by atoms with Gasteiger partial charge in [-0.3, -0.25) is 9.59 Å². The maximum Gasteiger partial charge on any atom is 0.303 e. The van der Waals surface area contributed by atoms with Crippen LogP contribution in [0.4, 0.5) is 0 Å². The zero-order chi connectivity index (χ0) is 22.7. The van der Waals surface area contributed by atoms with Gasteiger partial charge in [-0.2, -0.15) is 0 Å². The molecule has 0 unspecified atom stereocenters. The molecular formula is C25H34O4S2. The molecule has 2 N–H and O–H groups in total. The van der Waals surface area contributed by atoms with Gasteiger partial charge in [-0.1, -0.05) is 62.3 Å². The first-order valence-electron chi connectivity index (χ1n) is 11.0. The van der Waals surface area contributed by atoms with E-state index < -0.39 is 11.9 Å². The van der Waals surface area contributed by atoms with Gasteiger partial charge < -0.3 is 10.2 Å². The fraction of sp³-hybridized carbons (Fsp3) is 0.520. The molecule has 1 rings (SSSR count). The molecule has 0 amide bonds. The molecule has 6 heteroatoms. The quantitative estimate of drug-likeness (QED) is 0.165. The Morgan fingerprint density at radius 2 is 1.68 bits per heavy atom. The number of allylic oxidation sites excluding steroid dienone is 1. The standard InChI is InChI=1S/C25H34O4S2/c1-2-3-4-5-6-7-11-21-12-8-13-22(20-21)16-17-25(30-18-9-14-23(26)27)31-19-10-15-24(28)29/h7-8,11-13,20,25H,2-6,9-10,14-15,18-19H2,1H3,(H,26,27)(H,28,29). The average molecular weight is 463 g/mol. The highest BCUT2D eigenvalue weighted by Crippen LogP contribution is 2.25. The topological polar surface area (TPSA) is 74.6 Å². The average Bonchev–Trinajstić information content (AvgIpc) is 2.74. The molecule has 0 aliphatic rings. The molecule has 0 fully saturated rings. The summed E-state index contributed by atoms with van der Waals surface area (Å²) < 4.78 is 0.000327. The van der Waals surface area contributed by atoms with Crippen LogP contribution in [-0.2, 0) is 9.59 Å². The predicted octanol–water partition coefficient (Wildman–Crippen LogP) is 6.54. The first kappa shape index (κ1) is 27.2. The van der Waals surface area contributed by atoms with Gasteiger partial charge in [-0.25, -0.2) is 0 Å². The Morgan fingerprint density at radius 1 is 1.00 bits per heavy atom. The number of carboxylic acids is 2. The maximum atomic E-state index is 10.7. The van der Waals surface area contributed by atoms with Crippen molar-refractivity contribution in [3.05, 3.63) is 41.5 Å². The molecule has 0 aliphatic heterocycles. The minimum absolute atomic E-state index is 0.000327. The van der Waals surface area contributed by atoms with Crippen molar-refractivity contribution in [2.24, 2.45) is 0 Å². The monoisotopic (exact) mass is 462 g/mol. The molecule has 0 aromatic heterocycles. The van der Waals surface area contributed by atoms with Gasteiger partial charge in [0.15, 0.2) is 0 Å². The summed E-state index contributed by atoms with van der Waals surface area (Å²) in [6.45, 7) is 2.22. The number of carboxylic acid groups (broad SMARTS) is 2. The second-order valence-corrected chi connectivity index (χ2v) is 9.94. The van der Waals surface area contributed by atoms with E-state index >= 15 is 0 Å². The number of aliphatic carboxylic acids is 2. The Morgan fingerprint density at radius 3 is 2.29 bits per heavy atom. The Kier molecular flexibility index (Phi) is 15.6. The van der Waals surface area contributed by atoms with Gasteiger partial charge in [0.25, 0.3) is 0 Å². The Hall–Kier alpha value is -1.84. The molecule has 0 atom stereocenters. The van der Waals surface area contributed by atoms with Crippen LogP contribution in [0, 0.1) is 11.8 Å². The second-order valence-electron chi connectivity index (χ2n) is 7.21. The molecule has 170 valence electrons.